The predicted octanol–water partition coefficient (Wildman–Crippen LogP) is 2.14. The van der Waals surface area contributed by atoms with Gasteiger partial charge in [-0.25, -0.2) is 9.78 Å². The first kappa shape index (κ1) is 19.9. The van der Waals surface area contributed by atoms with Crippen molar-refractivity contribution in [1.82, 2.24) is 14.5 Å². The van der Waals surface area contributed by atoms with Crippen molar-refractivity contribution < 1.29 is 9.90 Å². The number of hydrogen-bond donors (Lipinski definition) is 2. The summed E-state index contributed by atoms with van der Waals surface area (Å²) in [5, 5.41) is 12.1. The Balaban J connectivity index is 1.54. The van der Waals surface area contributed by atoms with Crippen LogP contribution in [0.2, 0.25) is 0 Å². The van der Waals surface area contributed by atoms with E-state index in [4.69, 9.17) is 5.11 Å². The molecule has 2 aromatic rings. The fourth-order valence-corrected chi connectivity index (χ4v) is 3.54. The van der Waals surface area contributed by atoms with Crippen molar-refractivity contribution in [3.8, 4) is 0 Å². The maximum absolute atomic E-state index is 12.3. The predicted molar refractivity (Wildman–Crippen MR) is 108 cm³/mol. The Labute approximate surface area is 164 Å². The van der Waals surface area contributed by atoms with E-state index in [1.54, 1.807) is 12.4 Å². The van der Waals surface area contributed by atoms with Crippen LogP contribution in [-0.4, -0.2) is 45.2 Å². The van der Waals surface area contributed by atoms with E-state index in [2.05, 4.69) is 20.2 Å². The number of anilines is 2. The Kier molecular flexibility index (Phi) is 6.62. The molecule has 2 N–H and O–H groups in total. The standard InChI is InChI=1S/C20H27N5O3/c1-15-14-25(10-4-6-18(26)27)20(28)23-19(15)24-11-7-16(8-12-24)13-22-17-5-2-3-9-21-17/h2-3,5,9,14,16H,4,6-8,10-13H2,1H3,(H,21,22)(H,26,27). The van der Waals surface area contributed by atoms with Gasteiger partial charge < -0.3 is 15.3 Å². The van der Waals surface area contributed by atoms with Crippen LogP contribution < -0.4 is 15.9 Å². The van der Waals surface area contributed by atoms with E-state index in [-0.39, 0.29) is 12.1 Å². The minimum atomic E-state index is -0.852. The molecule has 1 aliphatic heterocycles. The van der Waals surface area contributed by atoms with E-state index < -0.39 is 5.97 Å². The maximum atomic E-state index is 12.3. The fourth-order valence-electron chi connectivity index (χ4n) is 3.54. The first-order valence-electron chi connectivity index (χ1n) is 9.72. The van der Waals surface area contributed by atoms with E-state index in [0.29, 0.717) is 18.9 Å². The molecule has 8 heteroatoms. The van der Waals surface area contributed by atoms with Crippen LogP contribution >= 0.6 is 0 Å². The lowest BCUT2D eigenvalue weighted by molar-refractivity contribution is -0.137. The van der Waals surface area contributed by atoms with Crippen LogP contribution in [0, 0.1) is 12.8 Å². The SMILES string of the molecule is Cc1cn(CCCC(=O)O)c(=O)nc1N1CCC(CNc2ccccn2)CC1. The minimum Gasteiger partial charge on any atom is -0.481 e. The van der Waals surface area contributed by atoms with E-state index in [1.807, 2.05) is 25.1 Å². The van der Waals surface area contributed by atoms with Crippen LogP contribution in [0.3, 0.4) is 0 Å². The quantitative estimate of drug-likeness (QED) is 0.718. The second-order valence-electron chi connectivity index (χ2n) is 7.25. The smallest absolute Gasteiger partial charge is 0.349 e. The molecule has 0 unspecified atom stereocenters. The third-order valence-corrected chi connectivity index (χ3v) is 5.09. The number of carboxylic acid groups (broad SMARTS) is 1. The van der Waals surface area contributed by atoms with Gasteiger partial charge in [0.15, 0.2) is 0 Å². The van der Waals surface area contributed by atoms with Gasteiger partial charge >= 0.3 is 11.7 Å². The van der Waals surface area contributed by atoms with Gasteiger partial charge in [0, 0.05) is 50.6 Å². The summed E-state index contributed by atoms with van der Waals surface area (Å²) < 4.78 is 1.51. The van der Waals surface area contributed by atoms with Gasteiger partial charge in [-0.3, -0.25) is 9.36 Å². The van der Waals surface area contributed by atoms with Crippen molar-refractivity contribution in [3.63, 3.8) is 0 Å². The highest BCUT2D eigenvalue weighted by atomic mass is 16.4. The van der Waals surface area contributed by atoms with E-state index in [0.717, 1.165) is 49.7 Å². The minimum absolute atomic E-state index is 0.0489. The van der Waals surface area contributed by atoms with Gasteiger partial charge in [-0.15, -0.1) is 0 Å². The van der Waals surface area contributed by atoms with Crippen molar-refractivity contribution in [2.75, 3.05) is 29.9 Å². The highest BCUT2D eigenvalue weighted by Gasteiger charge is 2.22. The second kappa shape index (κ2) is 9.34. The van der Waals surface area contributed by atoms with Crippen LogP contribution in [-0.2, 0) is 11.3 Å². The van der Waals surface area contributed by atoms with Crippen LogP contribution in [0.25, 0.3) is 0 Å². The number of hydrogen-bond acceptors (Lipinski definition) is 6. The number of rotatable bonds is 8. The zero-order valence-electron chi connectivity index (χ0n) is 16.2. The Morgan fingerprint density at radius 3 is 2.79 bits per heavy atom. The molecule has 0 amide bonds. The third-order valence-electron chi connectivity index (χ3n) is 5.09. The number of aryl methyl sites for hydroxylation is 2. The summed E-state index contributed by atoms with van der Waals surface area (Å²) in [4.78, 5) is 33.7. The van der Waals surface area contributed by atoms with Gasteiger partial charge in [0.2, 0.25) is 0 Å². The van der Waals surface area contributed by atoms with Crippen LogP contribution in [0.1, 0.15) is 31.2 Å². The van der Waals surface area contributed by atoms with E-state index >= 15 is 0 Å². The number of pyridine rings is 1. The second-order valence-corrected chi connectivity index (χ2v) is 7.25. The molecule has 0 spiro atoms. The normalized spacial score (nSPS) is 14.8. The molecule has 150 valence electrons. The average molecular weight is 385 g/mol. The molecule has 0 saturated carbocycles. The number of nitrogens with one attached hydrogen (secondary N) is 1. The zero-order chi connectivity index (χ0) is 19.9. The Morgan fingerprint density at radius 2 is 2.11 bits per heavy atom. The molecular weight excluding hydrogens is 358 g/mol. The van der Waals surface area contributed by atoms with Crippen LogP contribution in [0.5, 0.6) is 0 Å². The molecule has 1 saturated heterocycles. The molecule has 1 fully saturated rings. The van der Waals surface area contributed by atoms with Crippen molar-refractivity contribution in [2.45, 2.75) is 39.2 Å². The average Bonchev–Trinajstić information content (AvgIpc) is 2.70. The van der Waals surface area contributed by atoms with Crippen molar-refractivity contribution >= 4 is 17.6 Å². The summed E-state index contributed by atoms with van der Waals surface area (Å²) >= 11 is 0. The molecule has 28 heavy (non-hydrogen) atoms. The van der Waals surface area contributed by atoms with Gasteiger partial charge in [-0.2, -0.15) is 4.98 Å². The van der Waals surface area contributed by atoms with Crippen molar-refractivity contribution in [2.24, 2.45) is 5.92 Å². The van der Waals surface area contributed by atoms with Gasteiger partial charge in [-0.1, -0.05) is 6.07 Å². The van der Waals surface area contributed by atoms with Gasteiger partial charge in [0.25, 0.3) is 0 Å². The molecular formula is C20H27N5O3. The van der Waals surface area contributed by atoms with E-state index in [1.165, 1.54) is 4.57 Å². The first-order chi connectivity index (χ1) is 13.5. The van der Waals surface area contributed by atoms with Gasteiger partial charge in [0.05, 0.1) is 0 Å². The highest BCUT2D eigenvalue weighted by Crippen LogP contribution is 2.23. The van der Waals surface area contributed by atoms with Crippen LogP contribution in [0.15, 0.2) is 35.4 Å². The lowest BCUT2D eigenvalue weighted by atomic mass is 9.96. The van der Waals surface area contributed by atoms with E-state index in [9.17, 15) is 9.59 Å². The maximum Gasteiger partial charge on any atom is 0.349 e. The molecule has 0 atom stereocenters. The largest absolute Gasteiger partial charge is 0.481 e. The Morgan fingerprint density at radius 1 is 1.32 bits per heavy atom. The van der Waals surface area contributed by atoms with Crippen molar-refractivity contribution in [1.29, 1.82) is 0 Å². The lowest BCUT2D eigenvalue weighted by Crippen LogP contribution is -2.38. The Bertz CT molecular complexity index is 845. The first-order valence-corrected chi connectivity index (χ1v) is 9.72. The van der Waals surface area contributed by atoms with Gasteiger partial charge in [0.1, 0.15) is 11.6 Å². The highest BCUT2D eigenvalue weighted by molar-refractivity contribution is 5.66. The number of nitrogens with zero attached hydrogens (tertiary/aromatic N) is 4. The zero-order valence-corrected chi connectivity index (χ0v) is 16.2. The Hall–Kier alpha value is -2.90. The lowest BCUT2D eigenvalue weighted by Gasteiger charge is -2.33. The fraction of sp³-hybridized carbons (Fsp3) is 0.500. The number of carbonyl (C=O) groups is 1. The molecule has 8 nitrogen and oxygen atoms in total. The summed E-state index contributed by atoms with van der Waals surface area (Å²) in [6.45, 7) is 4.95. The van der Waals surface area contributed by atoms with Crippen molar-refractivity contribution in [3.05, 3.63) is 46.6 Å². The summed E-state index contributed by atoms with van der Waals surface area (Å²) in [5.74, 6) is 1.36. The molecule has 0 bridgehead atoms. The van der Waals surface area contributed by atoms with Crippen LogP contribution in [0.4, 0.5) is 11.6 Å². The summed E-state index contributed by atoms with van der Waals surface area (Å²) in [5.41, 5.74) is 0.630. The number of piperidine rings is 1. The summed E-state index contributed by atoms with van der Waals surface area (Å²) in [6, 6.07) is 5.84. The monoisotopic (exact) mass is 385 g/mol. The summed E-state index contributed by atoms with van der Waals surface area (Å²) in [6.07, 6.45) is 6.10. The molecule has 3 rings (SSSR count). The number of aliphatic carboxylic acids is 1. The van der Waals surface area contributed by atoms with Gasteiger partial charge in [-0.05, 0) is 44.2 Å². The molecule has 0 aromatic carbocycles. The number of aromatic nitrogens is 3. The summed E-state index contributed by atoms with van der Waals surface area (Å²) in [7, 11) is 0. The molecule has 0 radical (unpaired) electrons. The molecule has 1 aliphatic rings. The molecule has 2 aromatic heterocycles. The third kappa shape index (κ3) is 5.31. The number of carboxylic acids is 1. The molecule has 0 aliphatic carbocycles. The topological polar surface area (TPSA) is 100 Å². The molecule has 3 heterocycles.